The minimum Gasteiger partial charge on any atom is -0.545 e. The van der Waals surface area contributed by atoms with Gasteiger partial charge in [0.15, 0.2) is 0 Å². The van der Waals surface area contributed by atoms with Crippen LogP contribution in [-0.4, -0.2) is 11.9 Å². The van der Waals surface area contributed by atoms with E-state index in [2.05, 4.69) is 17.9 Å². The summed E-state index contributed by atoms with van der Waals surface area (Å²) in [6.07, 6.45) is 3.53. The highest BCUT2D eigenvalue weighted by Crippen LogP contribution is 2.02. The fourth-order valence-corrected chi connectivity index (χ4v) is 0.610. The maximum absolute atomic E-state index is 9.99. The molecular formula is C11H17O4-. The second-order valence-electron chi connectivity index (χ2n) is 2.77. The topological polar surface area (TPSA) is 66.4 Å². The van der Waals surface area contributed by atoms with Gasteiger partial charge in [0.25, 0.3) is 0 Å². The number of carbonyl (C=O) groups is 2. The van der Waals surface area contributed by atoms with E-state index in [0.29, 0.717) is 6.42 Å². The predicted molar refractivity (Wildman–Crippen MR) is 55.6 cm³/mol. The van der Waals surface area contributed by atoms with Crippen LogP contribution in [0, 0.1) is 0 Å². The molecule has 0 unspecified atom stereocenters. The molecule has 0 aromatic carbocycles. The zero-order chi connectivity index (χ0) is 12.3. The average molecular weight is 213 g/mol. The highest BCUT2D eigenvalue weighted by molar-refractivity contribution is 5.83. The van der Waals surface area contributed by atoms with E-state index in [4.69, 9.17) is 0 Å². The molecule has 86 valence electrons. The molecule has 0 bridgehead atoms. The Kier molecular flexibility index (Phi) is 11.1. The van der Waals surface area contributed by atoms with Crippen molar-refractivity contribution in [2.45, 2.75) is 33.1 Å². The molecule has 15 heavy (non-hydrogen) atoms. The van der Waals surface area contributed by atoms with E-state index in [0.717, 1.165) is 19.1 Å². The number of carboxylic acids is 1. The quantitative estimate of drug-likeness (QED) is 0.390. The van der Waals surface area contributed by atoms with Gasteiger partial charge in [-0.1, -0.05) is 26.5 Å². The monoisotopic (exact) mass is 213 g/mol. The summed E-state index contributed by atoms with van der Waals surface area (Å²) in [4.78, 5) is 19.7. The summed E-state index contributed by atoms with van der Waals surface area (Å²) in [6.45, 7) is 9.81. The summed E-state index contributed by atoms with van der Waals surface area (Å²) < 4.78 is 4.17. The summed E-state index contributed by atoms with van der Waals surface area (Å²) in [5, 5.41) is 9.99. The summed E-state index contributed by atoms with van der Waals surface area (Å²) >= 11 is 0. The Morgan fingerprint density at radius 2 is 2.00 bits per heavy atom. The highest BCUT2D eigenvalue weighted by Gasteiger charge is 1.91. The van der Waals surface area contributed by atoms with E-state index < -0.39 is 5.97 Å². The van der Waals surface area contributed by atoms with Gasteiger partial charge in [-0.15, -0.1) is 0 Å². The predicted octanol–water partition coefficient (Wildman–Crippen LogP) is 1.18. The molecule has 4 nitrogen and oxygen atoms in total. The van der Waals surface area contributed by atoms with Crippen LogP contribution in [0.5, 0.6) is 0 Å². The molecule has 0 amide bonds. The van der Waals surface area contributed by atoms with Crippen LogP contribution in [0.1, 0.15) is 33.1 Å². The fraction of sp³-hybridized carbons (Fsp3) is 0.455. The first-order chi connectivity index (χ1) is 6.95. The van der Waals surface area contributed by atoms with Crippen LogP contribution in [-0.2, 0) is 14.3 Å². The number of unbranched alkanes of at least 4 members (excludes halogenated alkanes) is 1. The van der Waals surface area contributed by atoms with Gasteiger partial charge in [-0.3, -0.25) is 4.79 Å². The molecule has 0 aromatic heterocycles. The van der Waals surface area contributed by atoms with Crippen molar-refractivity contribution in [2.24, 2.45) is 0 Å². The summed E-state index contributed by atoms with van der Waals surface area (Å²) in [6, 6.07) is 0. The molecule has 0 aliphatic rings. The number of esters is 1. The van der Waals surface area contributed by atoms with Crippen LogP contribution in [0.3, 0.4) is 0 Å². The Hall–Kier alpha value is -1.58. The van der Waals surface area contributed by atoms with Crippen LogP contribution < -0.4 is 5.11 Å². The minimum atomic E-state index is -1.12. The molecule has 4 heteroatoms. The number of ether oxygens (including phenoxy) is 1. The maximum atomic E-state index is 9.99. The van der Waals surface area contributed by atoms with Crippen LogP contribution in [0.2, 0.25) is 0 Å². The van der Waals surface area contributed by atoms with Crippen LogP contribution in [0.25, 0.3) is 0 Å². The molecule has 0 atom stereocenters. The lowest BCUT2D eigenvalue weighted by Crippen LogP contribution is -2.23. The zero-order valence-electron chi connectivity index (χ0n) is 9.25. The molecule has 0 rings (SSSR count). The lowest BCUT2D eigenvalue weighted by atomic mass is 10.1. The number of hydrogen-bond acceptors (Lipinski definition) is 4. The van der Waals surface area contributed by atoms with Crippen molar-refractivity contribution in [3.05, 3.63) is 25.0 Å². The second kappa shape index (κ2) is 10.5. The first-order valence-corrected chi connectivity index (χ1v) is 4.62. The lowest BCUT2D eigenvalue weighted by Gasteiger charge is -2.03. The van der Waals surface area contributed by atoms with Crippen LogP contribution in [0.4, 0.5) is 0 Å². The largest absolute Gasteiger partial charge is 0.545 e. The Balaban J connectivity index is 0. The molecular weight excluding hydrogens is 196 g/mol. The van der Waals surface area contributed by atoms with Crippen molar-refractivity contribution in [1.82, 2.24) is 0 Å². The second-order valence-corrected chi connectivity index (χ2v) is 2.77. The molecule has 0 aliphatic carbocycles. The van der Waals surface area contributed by atoms with Crippen LogP contribution in [0.15, 0.2) is 25.0 Å². The Labute approximate surface area is 90.2 Å². The van der Waals surface area contributed by atoms with E-state index >= 15 is 0 Å². The Bertz CT molecular complexity index is 231. The van der Waals surface area contributed by atoms with Gasteiger partial charge in [0, 0.05) is 6.92 Å². The van der Waals surface area contributed by atoms with Gasteiger partial charge in [-0.25, -0.2) is 0 Å². The van der Waals surface area contributed by atoms with E-state index in [-0.39, 0.29) is 11.5 Å². The van der Waals surface area contributed by atoms with Gasteiger partial charge in [0.2, 0.25) is 0 Å². The summed E-state index contributed by atoms with van der Waals surface area (Å²) in [5.74, 6) is -1.45. The minimum absolute atomic E-state index is 0.205. The van der Waals surface area contributed by atoms with Gasteiger partial charge in [0.05, 0.1) is 12.2 Å². The molecule has 0 radical (unpaired) electrons. The smallest absolute Gasteiger partial charge is 0.307 e. The maximum Gasteiger partial charge on any atom is 0.307 e. The molecule has 0 saturated heterocycles. The summed E-state index contributed by atoms with van der Waals surface area (Å²) in [7, 11) is 0. The van der Waals surface area contributed by atoms with Crippen molar-refractivity contribution in [3.8, 4) is 0 Å². The van der Waals surface area contributed by atoms with Crippen molar-refractivity contribution in [1.29, 1.82) is 0 Å². The normalized spacial score (nSPS) is 8.13. The molecule has 0 aromatic rings. The number of carboxylic acid groups (broad SMARTS) is 1. The van der Waals surface area contributed by atoms with Gasteiger partial charge < -0.3 is 14.6 Å². The number of aliphatic carboxylic acids is 1. The third kappa shape index (κ3) is 15.2. The molecule has 0 saturated carbocycles. The molecule has 0 spiro atoms. The number of hydrogen-bond donors (Lipinski definition) is 0. The fourth-order valence-electron chi connectivity index (χ4n) is 0.610. The number of rotatable bonds is 5. The van der Waals surface area contributed by atoms with Crippen molar-refractivity contribution in [2.75, 3.05) is 0 Å². The average Bonchev–Trinajstić information content (AvgIpc) is 2.14. The SMILES string of the molecule is C=C(CCCC)C(=O)[O-].C=COC(C)=O. The molecule has 0 N–H and O–H groups in total. The van der Waals surface area contributed by atoms with E-state index in [1.807, 2.05) is 6.92 Å². The van der Waals surface area contributed by atoms with Crippen molar-refractivity contribution < 1.29 is 19.4 Å². The summed E-state index contributed by atoms with van der Waals surface area (Å²) in [5.41, 5.74) is 0.205. The van der Waals surface area contributed by atoms with E-state index in [1.165, 1.54) is 6.92 Å². The molecule has 0 fully saturated rings. The van der Waals surface area contributed by atoms with E-state index in [1.54, 1.807) is 0 Å². The standard InChI is InChI=1S/C7H12O2.C4H6O2/c1-3-4-5-6(2)7(8)9;1-3-6-4(2)5/h2-5H2,1H3,(H,8,9);3H,1H2,2H3/p-1. The molecule has 0 aliphatic heterocycles. The highest BCUT2D eigenvalue weighted by atomic mass is 16.5. The van der Waals surface area contributed by atoms with Gasteiger partial charge >= 0.3 is 5.97 Å². The lowest BCUT2D eigenvalue weighted by molar-refractivity contribution is -0.299. The Morgan fingerprint density at radius 3 is 2.20 bits per heavy atom. The zero-order valence-corrected chi connectivity index (χ0v) is 9.25. The van der Waals surface area contributed by atoms with Gasteiger partial charge in [-0.2, -0.15) is 0 Å². The molecule has 0 heterocycles. The third-order valence-electron chi connectivity index (χ3n) is 1.37. The van der Waals surface area contributed by atoms with E-state index in [9.17, 15) is 14.7 Å². The van der Waals surface area contributed by atoms with Gasteiger partial charge in [-0.05, 0) is 18.4 Å². The van der Waals surface area contributed by atoms with Crippen LogP contribution >= 0.6 is 0 Å². The number of carbonyl (C=O) groups excluding carboxylic acids is 2. The van der Waals surface area contributed by atoms with Gasteiger partial charge in [0.1, 0.15) is 0 Å². The van der Waals surface area contributed by atoms with Crippen molar-refractivity contribution >= 4 is 11.9 Å². The Morgan fingerprint density at radius 1 is 1.47 bits per heavy atom. The van der Waals surface area contributed by atoms with Crippen molar-refractivity contribution in [3.63, 3.8) is 0 Å². The first-order valence-electron chi connectivity index (χ1n) is 4.62. The first kappa shape index (κ1) is 15.9. The third-order valence-corrected chi connectivity index (χ3v) is 1.37.